The van der Waals surface area contributed by atoms with E-state index in [1.54, 1.807) is 54.6 Å². The first-order valence-corrected chi connectivity index (χ1v) is 11.7. The maximum Gasteiger partial charge on any atom is 0.343 e. The molecule has 0 aliphatic carbocycles. The number of ether oxygens (including phenoxy) is 2. The number of halogens is 4. The number of hydrogen-bond donors (Lipinski definition) is 1. The topological polar surface area (TPSA) is 77.0 Å². The van der Waals surface area contributed by atoms with E-state index in [4.69, 9.17) is 21.1 Å². The Kier molecular flexibility index (Phi) is 8.86. The monoisotopic (exact) mass is 642 g/mol. The van der Waals surface area contributed by atoms with Crippen LogP contribution < -0.4 is 14.9 Å². The van der Waals surface area contributed by atoms with Crippen molar-refractivity contribution in [2.24, 2.45) is 5.10 Å². The van der Waals surface area contributed by atoms with E-state index in [1.165, 1.54) is 6.21 Å². The summed E-state index contributed by atoms with van der Waals surface area (Å²) < 4.78 is 12.9. The molecule has 0 heterocycles. The third-order valence-electron chi connectivity index (χ3n) is 3.89. The predicted octanol–water partition coefficient (Wildman–Crippen LogP) is 6.38. The van der Waals surface area contributed by atoms with Crippen LogP contribution in [0.1, 0.15) is 15.9 Å². The van der Waals surface area contributed by atoms with Crippen LogP contribution in [0.15, 0.2) is 79.2 Å². The number of carbonyl (C=O) groups is 2. The first-order valence-electron chi connectivity index (χ1n) is 8.99. The molecule has 0 aliphatic heterocycles. The third kappa shape index (κ3) is 6.90. The third-order valence-corrected chi connectivity index (χ3v) is 5.79. The molecular formula is C22H14Br3ClN2O4. The summed E-state index contributed by atoms with van der Waals surface area (Å²) in [5, 5.41) is 4.49. The lowest BCUT2D eigenvalue weighted by Crippen LogP contribution is -2.24. The quantitative estimate of drug-likeness (QED) is 0.140. The van der Waals surface area contributed by atoms with Crippen molar-refractivity contribution in [3.05, 3.63) is 90.2 Å². The van der Waals surface area contributed by atoms with Crippen LogP contribution >= 0.6 is 59.4 Å². The molecule has 164 valence electrons. The van der Waals surface area contributed by atoms with Gasteiger partial charge in [-0.05, 0) is 74.3 Å². The van der Waals surface area contributed by atoms with Crippen molar-refractivity contribution in [1.29, 1.82) is 0 Å². The van der Waals surface area contributed by atoms with Crippen LogP contribution in [0.25, 0.3) is 0 Å². The van der Waals surface area contributed by atoms with Gasteiger partial charge in [-0.2, -0.15) is 5.10 Å². The highest BCUT2D eigenvalue weighted by molar-refractivity contribution is 9.11. The average molecular weight is 646 g/mol. The summed E-state index contributed by atoms with van der Waals surface area (Å²) in [5.74, 6) is -0.254. The van der Waals surface area contributed by atoms with E-state index >= 15 is 0 Å². The van der Waals surface area contributed by atoms with Gasteiger partial charge in [-0.1, -0.05) is 45.7 Å². The predicted molar refractivity (Wildman–Crippen MR) is 134 cm³/mol. The van der Waals surface area contributed by atoms with Crippen LogP contribution in [-0.4, -0.2) is 24.7 Å². The minimum Gasteiger partial charge on any atom is -0.483 e. The Hall–Kier alpha value is -2.20. The number of nitrogens with one attached hydrogen (secondary N) is 1. The van der Waals surface area contributed by atoms with E-state index in [1.807, 2.05) is 6.07 Å². The van der Waals surface area contributed by atoms with Crippen LogP contribution in [0, 0.1) is 0 Å². The zero-order valence-electron chi connectivity index (χ0n) is 16.2. The normalized spacial score (nSPS) is 10.8. The van der Waals surface area contributed by atoms with Crippen molar-refractivity contribution >= 4 is 77.5 Å². The Labute approximate surface area is 214 Å². The molecule has 0 spiro atoms. The van der Waals surface area contributed by atoms with Crippen LogP contribution in [-0.2, 0) is 4.79 Å². The van der Waals surface area contributed by atoms with E-state index in [0.29, 0.717) is 30.8 Å². The first-order chi connectivity index (χ1) is 15.3. The number of nitrogens with zero attached hydrogens (tertiary/aromatic N) is 1. The summed E-state index contributed by atoms with van der Waals surface area (Å²) in [6.07, 6.45) is 1.37. The van der Waals surface area contributed by atoms with Crippen molar-refractivity contribution < 1.29 is 19.1 Å². The highest BCUT2D eigenvalue weighted by atomic mass is 79.9. The van der Waals surface area contributed by atoms with E-state index < -0.39 is 11.9 Å². The van der Waals surface area contributed by atoms with Crippen LogP contribution in [0.2, 0.25) is 5.02 Å². The average Bonchev–Trinajstić information content (AvgIpc) is 2.76. The Morgan fingerprint density at radius 3 is 2.47 bits per heavy atom. The standard InChI is InChI=1S/C22H14Br3ClN2O4/c23-15-8-14(21(18(25)9-15)32-22(30)13-4-2-1-3-5-13)11-27-28-20(29)12-31-19-7-6-16(26)10-17(19)24/h1-11H,12H2,(H,28,29). The molecule has 1 N–H and O–H groups in total. The van der Waals surface area contributed by atoms with Gasteiger partial charge in [-0.3, -0.25) is 4.79 Å². The molecule has 10 heteroatoms. The number of carbonyl (C=O) groups excluding carboxylic acids is 2. The lowest BCUT2D eigenvalue weighted by Gasteiger charge is -2.10. The van der Waals surface area contributed by atoms with Crippen molar-refractivity contribution in [3.63, 3.8) is 0 Å². The van der Waals surface area contributed by atoms with Gasteiger partial charge >= 0.3 is 5.97 Å². The number of rotatable bonds is 7. The van der Waals surface area contributed by atoms with E-state index in [2.05, 4.69) is 58.3 Å². The second-order valence-corrected chi connectivity index (χ2v) is 9.28. The minimum atomic E-state index is -0.519. The minimum absolute atomic E-state index is 0.254. The van der Waals surface area contributed by atoms with Crippen LogP contribution in [0.4, 0.5) is 0 Å². The number of hydrazone groups is 1. The second kappa shape index (κ2) is 11.6. The van der Waals surface area contributed by atoms with Gasteiger partial charge in [-0.25, -0.2) is 10.2 Å². The Morgan fingerprint density at radius 1 is 1.00 bits per heavy atom. The largest absolute Gasteiger partial charge is 0.483 e. The summed E-state index contributed by atoms with van der Waals surface area (Å²) in [6.45, 7) is -0.254. The zero-order chi connectivity index (χ0) is 23.1. The molecule has 0 saturated heterocycles. The highest BCUT2D eigenvalue weighted by Gasteiger charge is 2.15. The van der Waals surface area contributed by atoms with Crippen molar-refractivity contribution in [2.45, 2.75) is 0 Å². The Bertz CT molecular complexity index is 1170. The maximum absolute atomic E-state index is 12.5. The molecule has 0 fully saturated rings. The molecule has 0 aliphatic rings. The molecule has 0 saturated carbocycles. The SMILES string of the molecule is O=C(COc1ccc(Cl)cc1Br)NN=Cc1cc(Br)cc(Br)c1OC(=O)c1ccccc1. The van der Waals surface area contributed by atoms with Gasteiger partial charge in [0.15, 0.2) is 12.4 Å². The molecule has 0 bridgehead atoms. The smallest absolute Gasteiger partial charge is 0.343 e. The number of esters is 1. The Balaban J connectivity index is 1.66. The van der Waals surface area contributed by atoms with Gasteiger partial charge < -0.3 is 9.47 Å². The molecular weight excluding hydrogens is 631 g/mol. The van der Waals surface area contributed by atoms with Gasteiger partial charge in [0.05, 0.1) is 20.7 Å². The zero-order valence-corrected chi connectivity index (χ0v) is 21.7. The molecule has 32 heavy (non-hydrogen) atoms. The molecule has 6 nitrogen and oxygen atoms in total. The van der Waals surface area contributed by atoms with Gasteiger partial charge in [0.2, 0.25) is 0 Å². The Morgan fingerprint density at radius 2 is 1.75 bits per heavy atom. The molecule has 0 radical (unpaired) electrons. The molecule has 0 unspecified atom stereocenters. The summed E-state index contributed by atoms with van der Waals surface area (Å²) in [4.78, 5) is 24.5. The second-order valence-electron chi connectivity index (χ2n) is 6.22. The summed E-state index contributed by atoms with van der Waals surface area (Å²) >= 11 is 16.0. The summed E-state index contributed by atoms with van der Waals surface area (Å²) in [6, 6.07) is 17.0. The lowest BCUT2D eigenvalue weighted by atomic mass is 10.2. The highest BCUT2D eigenvalue weighted by Crippen LogP contribution is 2.33. The summed E-state index contributed by atoms with van der Waals surface area (Å²) in [7, 11) is 0. The molecule has 0 atom stereocenters. The fraction of sp³-hybridized carbons (Fsp3) is 0.0455. The fourth-order valence-electron chi connectivity index (χ4n) is 2.45. The number of benzene rings is 3. The van der Waals surface area contributed by atoms with E-state index in [9.17, 15) is 9.59 Å². The van der Waals surface area contributed by atoms with Gasteiger partial charge in [0, 0.05) is 15.1 Å². The maximum atomic E-state index is 12.5. The van der Waals surface area contributed by atoms with Crippen molar-refractivity contribution in [3.8, 4) is 11.5 Å². The lowest BCUT2D eigenvalue weighted by molar-refractivity contribution is -0.123. The molecule has 3 aromatic carbocycles. The van der Waals surface area contributed by atoms with Gasteiger partial charge in [-0.15, -0.1) is 0 Å². The van der Waals surface area contributed by atoms with Crippen molar-refractivity contribution in [1.82, 2.24) is 5.43 Å². The number of amides is 1. The van der Waals surface area contributed by atoms with Crippen LogP contribution in [0.5, 0.6) is 11.5 Å². The molecule has 1 amide bonds. The molecule has 0 aromatic heterocycles. The molecule has 3 rings (SSSR count). The number of hydrogen-bond acceptors (Lipinski definition) is 5. The van der Waals surface area contributed by atoms with Crippen LogP contribution in [0.3, 0.4) is 0 Å². The van der Waals surface area contributed by atoms with Gasteiger partial charge in [0.1, 0.15) is 5.75 Å². The summed E-state index contributed by atoms with van der Waals surface area (Å²) in [5.41, 5.74) is 3.25. The fourth-order valence-corrected chi connectivity index (χ4v) is 4.59. The van der Waals surface area contributed by atoms with Gasteiger partial charge in [0.25, 0.3) is 5.91 Å². The molecule has 3 aromatic rings. The first kappa shape index (κ1) is 24.4. The van der Waals surface area contributed by atoms with E-state index in [0.717, 1.165) is 4.47 Å². The van der Waals surface area contributed by atoms with E-state index in [-0.39, 0.29) is 12.4 Å². The van der Waals surface area contributed by atoms with Crippen molar-refractivity contribution in [2.75, 3.05) is 6.61 Å².